The second-order valence-corrected chi connectivity index (χ2v) is 9.59. The van der Waals surface area contributed by atoms with Crippen molar-refractivity contribution in [3.05, 3.63) is 102 Å². The molecule has 0 bridgehead atoms. The first kappa shape index (κ1) is 21.3. The Kier molecular flexibility index (Phi) is 7.18. The van der Waals surface area contributed by atoms with Gasteiger partial charge in [0.05, 0.1) is 0 Å². The molecule has 3 aromatic carbocycles. The highest BCUT2D eigenvalue weighted by Crippen LogP contribution is 2.38. The highest BCUT2D eigenvalue weighted by Gasteiger charge is 2.21. The average Bonchev–Trinajstić information content (AvgIpc) is 3.21. The molecule has 3 nitrogen and oxygen atoms in total. The maximum atomic E-state index is 13.2. The third-order valence-corrected chi connectivity index (χ3v) is 6.96. The Morgan fingerprint density at radius 3 is 2.00 bits per heavy atom. The Hall–Kier alpha value is -2.89. The molecular weight excluding hydrogens is 420 g/mol. The summed E-state index contributed by atoms with van der Waals surface area (Å²) < 4.78 is 0.972. The van der Waals surface area contributed by atoms with Crippen molar-refractivity contribution in [1.29, 1.82) is 0 Å². The Balaban J connectivity index is 1.60. The molecule has 0 aliphatic carbocycles. The molecule has 4 rings (SSSR count). The molecule has 0 fully saturated rings. The number of nitrogens with zero attached hydrogens (tertiary/aromatic N) is 1. The van der Waals surface area contributed by atoms with E-state index in [0.29, 0.717) is 6.42 Å². The van der Waals surface area contributed by atoms with Gasteiger partial charge in [-0.1, -0.05) is 121 Å². The first-order valence-corrected chi connectivity index (χ1v) is 12.1. The van der Waals surface area contributed by atoms with Gasteiger partial charge in [0.2, 0.25) is 5.91 Å². The number of benzene rings is 3. The number of carbonyl (C=O) groups excluding carboxylic acids is 1. The van der Waals surface area contributed by atoms with Crippen LogP contribution >= 0.6 is 23.1 Å². The first-order chi connectivity index (χ1) is 15.2. The minimum absolute atomic E-state index is 0.0000149. The second kappa shape index (κ2) is 10.4. The molecule has 0 aliphatic heterocycles. The van der Waals surface area contributed by atoms with E-state index in [-0.39, 0.29) is 11.8 Å². The lowest BCUT2D eigenvalue weighted by atomic mass is 9.88. The average molecular weight is 445 g/mol. The van der Waals surface area contributed by atoms with Crippen molar-refractivity contribution in [3.8, 4) is 11.3 Å². The third kappa shape index (κ3) is 5.43. The minimum atomic E-state index is -0.00779. The number of amides is 1. The van der Waals surface area contributed by atoms with Gasteiger partial charge in [-0.15, -0.1) is 0 Å². The smallest absolute Gasteiger partial charge is 0.225 e. The molecule has 0 saturated heterocycles. The van der Waals surface area contributed by atoms with Gasteiger partial charge in [-0.05, 0) is 16.9 Å². The molecular formula is C26H24N2OS2. The molecule has 5 heteroatoms. The van der Waals surface area contributed by atoms with Crippen LogP contribution in [0.25, 0.3) is 11.3 Å². The van der Waals surface area contributed by atoms with E-state index >= 15 is 0 Å². The summed E-state index contributed by atoms with van der Waals surface area (Å²) in [6.07, 6.45) is 0.371. The summed E-state index contributed by atoms with van der Waals surface area (Å²) in [5.41, 5.74) is 4.13. The zero-order valence-corrected chi connectivity index (χ0v) is 19.0. The lowest BCUT2D eigenvalue weighted by Crippen LogP contribution is -2.16. The van der Waals surface area contributed by atoms with E-state index < -0.39 is 0 Å². The number of carbonyl (C=O) groups is 1. The maximum absolute atomic E-state index is 13.2. The van der Waals surface area contributed by atoms with Crippen molar-refractivity contribution in [3.63, 3.8) is 0 Å². The van der Waals surface area contributed by atoms with Crippen LogP contribution in [0.15, 0.2) is 95.3 Å². The van der Waals surface area contributed by atoms with Crippen LogP contribution in [0.4, 0.5) is 5.00 Å². The van der Waals surface area contributed by atoms with Gasteiger partial charge < -0.3 is 5.32 Å². The molecule has 31 heavy (non-hydrogen) atoms. The van der Waals surface area contributed by atoms with E-state index in [1.807, 2.05) is 66.7 Å². The van der Waals surface area contributed by atoms with Crippen molar-refractivity contribution in [2.75, 3.05) is 11.1 Å². The summed E-state index contributed by atoms with van der Waals surface area (Å²) in [6, 6.07) is 30.5. The van der Waals surface area contributed by atoms with Crippen molar-refractivity contribution in [1.82, 2.24) is 4.98 Å². The normalized spacial score (nSPS) is 10.9. The third-order valence-electron chi connectivity index (χ3n) is 4.97. The molecule has 0 spiro atoms. The molecule has 1 N–H and O–H groups in total. The number of nitrogens with one attached hydrogen (secondary N) is 1. The number of rotatable bonds is 8. The zero-order valence-electron chi connectivity index (χ0n) is 17.3. The summed E-state index contributed by atoms with van der Waals surface area (Å²) in [5.74, 6) is 0.936. The fraction of sp³-hybridized carbons (Fsp3) is 0.154. The molecule has 1 heterocycles. The van der Waals surface area contributed by atoms with Crippen molar-refractivity contribution in [2.45, 2.75) is 23.6 Å². The molecule has 156 valence electrons. The van der Waals surface area contributed by atoms with Crippen LogP contribution in [0.1, 0.15) is 30.4 Å². The molecule has 1 amide bonds. The summed E-state index contributed by atoms with van der Waals surface area (Å²) in [6.45, 7) is 2.11. The summed E-state index contributed by atoms with van der Waals surface area (Å²) in [7, 11) is 0. The fourth-order valence-corrected chi connectivity index (χ4v) is 5.50. The van der Waals surface area contributed by atoms with Crippen LogP contribution in [-0.2, 0) is 4.79 Å². The summed E-state index contributed by atoms with van der Waals surface area (Å²) in [5, 5.41) is 3.97. The topological polar surface area (TPSA) is 42.0 Å². The quantitative estimate of drug-likeness (QED) is 0.295. The Morgan fingerprint density at radius 2 is 1.45 bits per heavy atom. The largest absolute Gasteiger partial charge is 0.316 e. The lowest BCUT2D eigenvalue weighted by Gasteiger charge is -2.18. The minimum Gasteiger partial charge on any atom is -0.316 e. The van der Waals surface area contributed by atoms with Crippen molar-refractivity contribution in [2.24, 2.45) is 0 Å². The Bertz CT molecular complexity index is 1070. The SMILES string of the molecule is CCSc1nc(-c2ccccc2)c(NC(=O)CC(c2ccccc2)c2ccccc2)s1. The fourth-order valence-electron chi connectivity index (χ4n) is 3.52. The van der Waals surface area contributed by atoms with E-state index in [4.69, 9.17) is 4.98 Å². The summed E-state index contributed by atoms with van der Waals surface area (Å²) >= 11 is 3.24. The maximum Gasteiger partial charge on any atom is 0.225 e. The number of aromatic nitrogens is 1. The molecule has 0 radical (unpaired) electrons. The molecule has 0 atom stereocenters. The molecule has 0 unspecified atom stereocenters. The van der Waals surface area contributed by atoms with Gasteiger partial charge in [0.1, 0.15) is 10.7 Å². The number of hydrogen-bond acceptors (Lipinski definition) is 4. The monoisotopic (exact) mass is 444 g/mol. The van der Waals surface area contributed by atoms with Gasteiger partial charge >= 0.3 is 0 Å². The first-order valence-electron chi connectivity index (χ1n) is 10.3. The Labute approximate surface area is 191 Å². The van der Waals surface area contributed by atoms with Crippen LogP contribution in [0.3, 0.4) is 0 Å². The number of thioether (sulfide) groups is 1. The number of thiazole rings is 1. The number of anilines is 1. The lowest BCUT2D eigenvalue weighted by molar-refractivity contribution is -0.116. The highest BCUT2D eigenvalue weighted by atomic mass is 32.2. The van der Waals surface area contributed by atoms with Crippen LogP contribution in [0.5, 0.6) is 0 Å². The predicted molar refractivity (Wildman–Crippen MR) is 132 cm³/mol. The predicted octanol–water partition coefficient (Wildman–Crippen LogP) is 7.08. The van der Waals surface area contributed by atoms with E-state index in [1.165, 1.54) is 0 Å². The molecule has 0 saturated carbocycles. The van der Waals surface area contributed by atoms with E-state index in [1.54, 1.807) is 23.1 Å². The van der Waals surface area contributed by atoms with Crippen LogP contribution in [0, 0.1) is 0 Å². The van der Waals surface area contributed by atoms with Gasteiger partial charge in [0, 0.05) is 17.9 Å². The standard InChI is InChI=1S/C26H24N2OS2/c1-2-30-26-28-24(21-16-10-5-11-17-21)25(31-26)27-23(29)18-22(19-12-6-3-7-13-19)20-14-8-4-9-15-20/h3-17,22H,2,18H2,1H3,(H,27,29). The van der Waals surface area contributed by atoms with Crippen LogP contribution < -0.4 is 5.32 Å². The van der Waals surface area contributed by atoms with Gasteiger partial charge in [0.25, 0.3) is 0 Å². The summed E-state index contributed by atoms with van der Waals surface area (Å²) in [4.78, 5) is 18.0. The van der Waals surface area contributed by atoms with E-state index in [2.05, 4.69) is 36.5 Å². The molecule has 0 aliphatic rings. The van der Waals surface area contributed by atoms with Crippen molar-refractivity contribution >= 4 is 34.0 Å². The van der Waals surface area contributed by atoms with Gasteiger partial charge in [-0.2, -0.15) is 0 Å². The van der Waals surface area contributed by atoms with Gasteiger partial charge in [0.15, 0.2) is 4.34 Å². The molecule has 1 aromatic heterocycles. The van der Waals surface area contributed by atoms with Crippen molar-refractivity contribution < 1.29 is 4.79 Å². The van der Waals surface area contributed by atoms with E-state index in [9.17, 15) is 4.79 Å². The van der Waals surface area contributed by atoms with Crippen LogP contribution in [0.2, 0.25) is 0 Å². The highest BCUT2D eigenvalue weighted by molar-refractivity contribution is 8.01. The van der Waals surface area contributed by atoms with Crippen LogP contribution in [-0.4, -0.2) is 16.6 Å². The van der Waals surface area contributed by atoms with Gasteiger partial charge in [-0.25, -0.2) is 4.98 Å². The van der Waals surface area contributed by atoms with E-state index in [0.717, 1.165) is 37.5 Å². The number of hydrogen-bond donors (Lipinski definition) is 1. The zero-order chi connectivity index (χ0) is 21.5. The Morgan fingerprint density at radius 1 is 0.903 bits per heavy atom. The molecule has 4 aromatic rings. The van der Waals surface area contributed by atoms with Gasteiger partial charge in [-0.3, -0.25) is 4.79 Å². The second-order valence-electron chi connectivity index (χ2n) is 7.08.